The first-order valence-electron chi connectivity index (χ1n) is 5.61. The van der Waals surface area contributed by atoms with Crippen LogP contribution in [0.2, 0.25) is 0 Å². The van der Waals surface area contributed by atoms with E-state index in [0.717, 1.165) is 18.9 Å². The highest BCUT2D eigenvalue weighted by molar-refractivity contribution is 5.68. The summed E-state index contributed by atoms with van der Waals surface area (Å²) in [6, 6.07) is 1.53. The number of halogens is 2. The topological polar surface area (TPSA) is 73.8 Å². The van der Waals surface area contributed by atoms with Crippen LogP contribution >= 0.6 is 0 Å². The fraction of sp³-hybridized carbons (Fsp3) is 0.273. The highest BCUT2D eigenvalue weighted by Gasteiger charge is 2.30. The van der Waals surface area contributed by atoms with Crippen LogP contribution in [0.1, 0.15) is 18.9 Å². The molecule has 0 unspecified atom stereocenters. The molecule has 1 aliphatic carbocycles. The average Bonchev–Trinajstić information content (AvgIpc) is 3.10. The maximum atomic E-state index is 13.3. The first-order valence-corrected chi connectivity index (χ1v) is 5.61. The molecule has 2 aromatic rings. The largest absolute Gasteiger partial charge is 0.310 e. The minimum atomic E-state index is -1.26. The molecule has 0 atom stereocenters. The van der Waals surface area contributed by atoms with Gasteiger partial charge in [-0.1, -0.05) is 0 Å². The average molecular weight is 266 g/mol. The fourth-order valence-corrected chi connectivity index (χ4v) is 1.92. The Morgan fingerprint density at radius 2 is 2.00 bits per heavy atom. The number of rotatable bonds is 3. The third-order valence-electron chi connectivity index (χ3n) is 2.99. The number of benzene rings is 1. The van der Waals surface area contributed by atoms with Crippen LogP contribution in [0.4, 0.5) is 14.5 Å². The Hall–Kier alpha value is -2.38. The van der Waals surface area contributed by atoms with Crippen molar-refractivity contribution in [1.82, 2.24) is 14.8 Å². The van der Waals surface area contributed by atoms with Gasteiger partial charge in [-0.2, -0.15) is 0 Å². The van der Waals surface area contributed by atoms with Crippen molar-refractivity contribution >= 4 is 5.69 Å². The Morgan fingerprint density at radius 3 is 2.63 bits per heavy atom. The number of hydrogen-bond acceptors (Lipinski definition) is 4. The van der Waals surface area contributed by atoms with E-state index < -0.39 is 22.2 Å². The third-order valence-corrected chi connectivity index (χ3v) is 2.99. The SMILES string of the molecule is O=[N+]([O-])c1cc(F)c(F)cc1-c1nncn1C1CC1. The van der Waals surface area contributed by atoms with Gasteiger partial charge < -0.3 is 4.57 Å². The number of nitro benzene ring substituents is 1. The second-order valence-electron chi connectivity index (χ2n) is 4.33. The van der Waals surface area contributed by atoms with Gasteiger partial charge >= 0.3 is 0 Å². The molecule has 8 heteroatoms. The molecule has 1 aromatic heterocycles. The maximum Gasteiger partial charge on any atom is 0.283 e. The smallest absolute Gasteiger partial charge is 0.283 e. The van der Waals surface area contributed by atoms with E-state index >= 15 is 0 Å². The monoisotopic (exact) mass is 266 g/mol. The maximum absolute atomic E-state index is 13.3. The molecule has 3 rings (SSSR count). The van der Waals surface area contributed by atoms with Crippen LogP contribution < -0.4 is 0 Å². The summed E-state index contributed by atoms with van der Waals surface area (Å²) in [6.45, 7) is 0. The van der Waals surface area contributed by atoms with E-state index in [0.29, 0.717) is 6.07 Å². The Bertz CT molecular complexity index is 667. The van der Waals surface area contributed by atoms with E-state index in [1.807, 2.05) is 0 Å². The van der Waals surface area contributed by atoms with Crippen molar-refractivity contribution in [3.8, 4) is 11.4 Å². The zero-order valence-corrected chi connectivity index (χ0v) is 9.58. The molecule has 6 nitrogen and oxygen atoms in total. The van der Waals surface area contributed by atoms with Gasteiger partial charge in [0.25, 0.3) is 5.69 Å². The molecule has 0 radical (unpaired) electrons. The fourth-order valence-electron chi connectivity index (χ4n) is 1.92. The summed E-state index contributed by atoms with van der Waals surface area (Å²) in [5.41, 5.74) is -0.581. The van der Waals surface area contributed by atoms with Gasteiger partial charge in [-0.3, -0.25) is 10.1 Å². The van der Waals surface area contributed by atoms with Crippen LogP contribution in [-0.2, 0) is 0 Å². The predicted octanol–water partition coefficient (Wildman–Crippen LogP) is 2.47. The molecule has 0 N–H and O–H groups in total. The molecular formula is C11H8F2N4O2. The van der Waals surface area contributed by atoms with Gasteiger partial charge in [0.2, 0.25) is 0 Å². The number of aromatic nitrogens is 3. The Balaban J connectivity index is 2.20. The molecule has 0 aliphatic heterocycles. The summed E-state index contributed by atoms with van der Waals surface area (Å²) < 4.78 is 28.1. The molecule has 1 saturated carbocycles. The first-order chi connectivity index (χ1) is 9.08. The molecule has 0 saturated heterocycles. The molecule has 98 valence electrons. The van der Waals surface area contributed by atoms with Crippen molar-refractivity contribution in [2.45, 2.75) is 18.9 Å². The van der Waals surface area contributed by atoms with Gasteiger partial charge in [-0.05, 0) is 18.9 Å². The van der Waals surface area contributed by atoms with Crippen molar-refractivity contribution in [2.75, 3.05) is 0 Å². The lowest BCUT2D eigenvalue weighted by Gasteiger charge is -2.06. The van der Waals surface area contributed by atoms with Crippen molar-refractivity contribution in [3.05, 3.63) is 40.2 Å². The van der Waals surface area contributed by atoms with E-state index in [9.17, 15) is 18.9 Å². The summed E-state index contributed by atoms with van der Waals surface area (Å²) in [7, 11) is 0. The lowest BCUT2D eigenvalue weighted by atomic mass is 10.1. The summed E-state index contributed by atoms with van der Waals surface area (Å²) in [5.74, 6) is -2.22. The van der Waals surface area contributed by atoms with Crippen molar-refractivity contribution < 1.29 is 13.7 Å². The van der Waals surface area contributed by atoms with Crippen LogP contribution in [0.15, 0.2) is 18.5 Å². The summed E-state index contributed by atoms with van der Waals surface area (Å²) in [4.78, 5) is 10.2. The second-order valence-corrected chi connectivity index (χ2v) is 4.33. The van der Waals surface area contributed by atoms with Crippen LogP contribution in [0.25, 0.3) is 11.4 Å². The highest BCUT2D eigenvalue weighted by atomic mass is 19.2. The quantitative estimate of drug-likeness (QED) is 0.631. The second kappa shape index (κ2) is 4.08. The Morgan fingerprint density at radius 1 is 1.32 bits per heavy atom. The lowest BCUT2D eigenvalue weighted by molar-refractivity contribution is -0.384. The minimum Gasteiger partial charge on any atom is -0.310 e. The minimum absolute atomic E-state index is 0.0618. The van der Waals surface area contributed by atoms with Gasteiger partial charge in [0.1, 0.15) is 11.9 Å². The van der Waals surface area contributed by atoms with E-state index in [1.165, 1.54) is 6.33 Å². The lowest BCUT2D eigenvalue weighted by Crippen LogP contribution is -2.01. The van der Waals surface area contributed by atoms with E-state index in [2.05, 4.69) is 10.2 Å². The normalized spacial score (nSPS) is 14.6. The van der Waals surface area contributed by atoms with Crippen molar-refractivity contribution in [1.29, 1.82) is 0 Å². The number of nitro groups is 1. The molecule has 0 amide bonds. The first kappa shape index (κ1) is 11.7. The van der Waals surface area contributed by atoms with Gasteiger partial charge in [0, 0.05) is 6.04 Å². The zero-order chi connectivity index (χ0) is 13.6. The molecule has 1 aromatic carbocycles. The molecule has 1 aliphatic rings. The zero-order valence-electron chi connectivity index (χ0n) is 9.58. The summed E-state index contributed by atoms with van der Waals surface area (Å²) >= 11 is 0. The van der Waals surface area contributed by atoms with Gasteiger partial charge in [0.15, 0.2) is 17.5 Å². The number of hydrogen-bond donors (Lipinski definition) is 0. The predicted molar refractivity (Wildman–Crippen MR) is 60.3 cm³/mol. The van der Waals surface area contributed by atoms with Gasteiger partial charge in [-0.15, -0.1) is 10.2 Å². The van der Waals surface area contributed by atoms with Crippen LogP contribution in [0.3, 0.4) is 0 Å². The van der Waals surface area contributed by atoms with Crippen molar-refractivity contribution in [2.24, 2.45) is 0 Å². The van der Waals surface area contributed by atoms with Crippen LogP contribution in [0, 0.1) is 21.7 Å². The molecule has 1 fully saturated rings. The van der Waals surface area contributed by atoms with Gasteiger partial charge in [-0.25, -0.2) is 8.78 Å². The van der Waals surface area contributed by atoms with Crippen LogP contribution in [-0.4, -0.2) is 19.7 Å². The van der Waals surface area contributed by atoms with Crippen molar-refractivity contribution in [3.63, 3.8) is 0 Å². The summed E-state index contributed by atoms with van der Waals surface area (Å²) in [6.07, 6.45) is 3.28. The molecule has 0 bridgehead atoms. The van der Waals surface area contributed by atoms with E-state index in [4.69, 9.17) is 0 Å². The van der Waals surface area contributed by atoms with E-state index in [1.54, 1.807) is 4.57 Å². The van der Waals surface area contributed by atoms with Gasteiger partial charge in [0.05, 0.1) is 11.0 Å². The molecule has 19 heavy (non-hydrogen) atoms. The molecule has 0 spiro atoms. The summed E-state index contributed by atoms with van der Waals surface area (Å²) in [5, 5.41) is 18.4. The third kappa shape index (κ3) is 1.94. The highest BCUT2D eigenvalue weighted by Crippen LogP contribution is 2.39. The Labute approximate surface area is 105 Å². The molecular weight excluding hydrogens is 258 g/mol. The number of nitrogens with zero attached hydrogens (tertiary/aromatic N) is 4. The Kier molecular flexibility index (Phi) is 2.51. The molecule has 1 heterocycles. The van der Waals surface area contributed by atoms with Crippen LogP contribution in [0.5, 0.6) is 0 Å². The standard InChI is InChI=1S/C11H8F2N4O2/c12-8-3-7(10(17(18)19)4-9(8)13)11-15-14-5-16(11)6-1-2-6/h3-6H,1-2H2. The van der Waals surface area contributed by atoms with E-state index in [-0.39, 0.29) is 17.4 Å².